The van der Waals surface area contributed by atoms with Crippen LogP contribution in [-0.2, 0) is 21.9 Å². The molecule has 1 aliphatic rings. The number of aromatic nitrogens is 4. The van der Waals surface area contributed by atoms with Gasteiger partial charge >= 0.3 is 12.1 Å². The number of sulfonamides is 1. The summed E-state index contributed by atoms with van der Waals surface area (Å²) in [6.45, 7) is 5.10. The van der Waals surface area contributed by atoms with E-state index in [1.165, 1.54) is 4.31 Å². The summed E-state index contributed by atoms with van der Waals surface area (Å²) in [6, 6.07) is 8.51. The van der Waals surface area contributed by atoms with Crippen LogP contribution < -0.4 is 10.6 Å². The van der Waals surface area contributed by atoms with Crippen LogP contribution in [-0.4, -0.2) is 62.8 Å². The van der Waals surface area contributed by atoms with Crippen LogP contribution in [0.3, 0.4) is 0 Å². The van der Waals surface area contributed by atoms with E-state index in [2.05, 4.69) is 25.7 Å². The quantitative estimate of drug-likeness (QED) is 0.425. The molecule has 11 nitrogen and oxygen atoms in total. The number of hydrogen-bond donors (Lipinski definition) is 3. The van der Waals surface area contributed by atoms with Gasteiger partial charge < -0.3 is 15.7 Å². The minimum atomic E-state index is -5.08. The van der Waals surface area contributed by atoms with Crippen LogP contribution in [0.25, 0.3) is 0 Å². The Labute approximate surface area is 211 Å². The maximum atomic E-state index is 12.8. The van der Waals surface area contributed by atoms with Gasteiger partial charge in [0.05, 0.1) is 10.6 Å². The zero-order valence-electron chi connectivity index (χ0n) is 20.2. The molecule has 0 spiro atoms. The highest BCUT2D eigenvalue weighted by Crippen LogP contribution is 2.25. The highest BCUT2D eigenvalue weighted by molar-refractivity contribution is 7.89. The molecular formula is C22H26F3N7O4S. The van der Waals surface area contributed by atoms with Crippen molar-refractivity contribution in [2.45, 2.75) is 37.8 Å². The second kappa shape index (κ2) is 11.1. The normalized spacial score (nSPS) is 14.1. The summed E-state index contributed by atoms with van der Waals surface area (Å²) in [5.74, 6) is -0.921. The van der Waals surface area contributed by atoms with Crippen LogP contribution in [0.1, 0.15) is 24.1 Å². The number of rotatable bonds is 6. The maximum Gasteiger partial charge on any atom is 0.490 e. The fourth-order valence-corrected chi connectivity index (χ4v) is 5.05. The lowest BCUT2D eigenvalue weighted by Crippen LogP contribution is -2.27. The third kappa shape index (κ3) is 6.95. The first-order valence-corrected chi connectivity index (χ1v) is 12.5. The second-order valence-electron chi connectivity index (χ2n) is 8.14. The number of anilines is 4. The van der Waals surface area contributed by atoms with E-state index in [0.29, 0.717) is 30.5 Å². The minimum absolute atomic E-state index is 0.268. The van der Waals surface area contributed by atoms with Crippen molar-refractivity contribution in [1.82, 2.24) is 24.1 Å². The van der Waals surface area contributed by atoms with E-state index in [4.69, 9.17) is 9.90 Å². The third-order valence-electron chi connectivity index (χ3n) is 5.46. The van der Waals surface area contributed by atoms with Crippen molar-refractivity contribution in [2.24, 2.45) is 7.05 Å². The number of alkyl halides is 3. The average Bonchev–Trinajstić information content (AvgIpc) is 3.45. The number of benzene rings is 1. The van der Waals surface area contributed by atoms with Gasteiger partial charge in [0.1, 0.15) is 11.6 Å². The van der Waals surface area contributed by atoms with E-state index in [9.17, 15) is 21.6 Å². The van der Waals surface area contributed by atoms with Crippen LogP contribution in [0.4, 0.5) is 36.4 Å². The summed E-state index contributed by atoms with van der Waals surface area (Å²) in [7, 11) is -1.61. The van der Waals surface area contributed by atoms with Gasteiger partial charge in [0.2, 0.25) is 16.0 Å². The van der Waals surface area contributed by atoms with Crippen LogP contribution in [0.5, 0.6) is 0 Å². The molecular weight excluding hydrogens is 515 g/mol. The molecule has 0 amide bonds. The number of carboxylic acid groups (broad SMARTS) is 1. The largest absolute Gasteiger partial charge is 0.490 e. The molecule has 4 rings (SSSR count). The Bertz CT molecular complexity index is 1370. The molecule has 200 valence electrons. The highest BCUT2D eigenvalue weighted by atomic mass is 32.2. The summed E-state index contributed by atoms with van der Waals surface area (Å²) in [6.07, 6.45) is -1.64. The van der Waals surface area contributed by atoms with Gasteiger partial charge in [-0.05, 0) is 51.0 Å². The number of aliphatic carboxylic acids is 1. The zero-order chi connectivity index (χ0) is 27.4. The number of nitrogens with one attached hydrogen (secondary N) is 2. The van der Waals surface area contributed by atoms with Crippen molar-refractivity contribution in [1.29, 1.82) is 0 Å². The first kappa shape index (κ1) is 27.9. The smallest absolute Gasteiger partial charge is 0.475 e. The molecule has 0 saturated carbocycles. The second-order valence-corrected chi connectivity index (χ2v) is 10.1. The number of carboxylic acids is 1. The topological polar surface area (TPSA) is 142 Å². The number of aryl methyl sites for hydroxylation is 2. The first-order chi connectivity index (χ1) is 17.3. The van der Waals surface area contributed by atoms with Gasteiger partial charge in [0.25, 0.3) is 0 Å². The molecule has 3 N–H and O–H groups in total. The fourth-order valence-electron chi connectivity index (χ4n) is 3.49. The maximum absolute atomic E-state index is 12.8. The summed E-state index contributed by atoms with van der Waals surface area (Å²) in [4.78, 5) is 17.9. The number of hydrogen-bond acceptors (Lipinski definition) is 8. The average molecular weight is 542 g/mol. The van der Waals surface area contributed by atoms with Gasteiger partial charge in [-0.25, -0.2) is 18.2 Å². The lowest BCUT2D eigenvalue weighted by molar-refractivity contribution is -0.192. The van der Waals surface area contributed by atoms with Crippen LogP contribution in [0.15, 0.2) is 41.4 Å². The molecule has 3 heterocycles. The Kier molecular flexibility index (Phi) is 8.38. The lowest BCUT2D eigenvalue weighted by atomic mass is 10.3. The van der Waals surface area contributed by atoms with Crippen molar-refractivity contribution in [3.05, 3.63) is 47.8 Å². The Hall–Kier alpha value is -3.72. The number of carbonyl (C=O) groups is 1. The van der Waals surface area contributed by atoms with E-state index >= 15 is 0 Å². The van der Waals surface area contributed by atoms with E-state index in [-0.39, 0.29) is 4.90 Å². The predicted octanol–water partition coefficient (Wildman–Crippen LogP) is 3.73. The van der Waals surface area contributed by atoms with E-state index in [1.54, 1.807) is 41.2 Å². The van der Waals surface area contributed by atoms with E-state index in [1.807, 2.05) is 20.9 Å². The van der Waals surface area contributed by atoms with Gasteiger partial charge in [-0.15, -0.1) is 0 Å². The van der Waals surface area contributed by atoms with E-state index < -0.39 is 22.2 Å². The highest BCUT2D eigenvalue weighted by Gasteiger charge is 2.38. The van der Waals surface area contributed by atoms with Crippen LogP contribution in [0.2, 0.25) is 0 Å². The molecule has 0 radical (unpaired) electrons. The zero-order valence-corrected chi connectivity index (χ0v) is 21.1. The summed E-state index contributed by atoms with van der Waals surface area (Å²) in [5, 5.41) is 17.9. The molecule has 1 aromatic carbocycles. The standard InChI is InChI=1S/C20H25N7O2S.C2HF3O2/c1-14-15(2)25-26(3)19(14)23-18-9-10-21-20(24-18)22-16-7-6-8-17(13-16)30(28,29)27-11-4-5-12-27;3-2(4,5)1(6)7/h6-10,13H,4-5,11-12H2,1-3H3,(H2,21,22,23,24);(H,6,7). The molecule has 0 atom stereocenters. The predicted molar refractivity (Wildman–Crippen MR) is 129 cm³/mol. The summed E-state index contributed by atoms with van der Waals surface area (Å²) >= 11 is 0. The minimum Gasteiger partial charge on any atom is -0.475 e. The Balaban J connectivity index is 0.000000479. The molecule has 1 fully saturated rings. The molecule has 37 heavy (non-hydrogen) atoms. The molecule has 1 saturated heterocycles. The molecule has 0 unspecified atom stereocenters. The molecule has 15 heteroatoms. The molecule has 0 aliphatic carbocycles. The van der Waals surface area contributed by atoms with Crippen molar-refractivity contribution in [3.8, 4) is 0 Å². The summed E-state index contributed by atoms with van der Waals surface area (Å²) < 4.78 is 60.7. The lowest BCUT2D eigenvalue weighted by Gasteiger charge is -2.16. The SMILES string of the molecule is Cc1nn(C)c(Nc2ccnc(Nc3cccc(S(=O)(=O)N4CCCC4)c3)n2)c1C.O=C(O)C(F)(F)F. The number of nitrogens with zero attached hydrogens (tertiary/aromatic N) is 5. The Morgan fingerprint density at radius 2 is 1.76 bits per heavy atom. The molecule has 1 aliphatic heterocycles. The third-order valence-corrected chi connectivity index (χ3v) is 7.35. The Morgan fingerprint density at radius 3 is 2.32 bits per heavy atom. The number of halogens is 3. The van der Waals surface area contributed by atoms with Gasteiger partial charge in [0.15, 0.2) is 0 Å². The van der Waals surface area contributed by atoms with Crippen LogP contribution >= 0.6 is 0 Å². The first-order valence-electron chi connectivity index (χ1n) is 11.1. The van der Waals surface area contributed by atoms with Crippen molar-refractivity contribution in [3.63, 3.8) is 0 Å². The van der Waals surface area contributed by atoms with Gasteiger partial charge in [-0.1, -0.05) is 6.07 Å². The molecule has 2 aromatic heterocycles. The van der Waals surface area contributed by atoms with Crippen molar-refractivity contribution < 1.29 is 31.5 Å². The van der Waals surface area contributed by atoms with Gasteiger partial charge in [-0.3, -0.25) is 4.68 Å². The van der Waals surface area contributed by atoms with Gasteiger partial charge in [-0.2, -0.15) is 27.6 Å². The fraction of sp³-hybridized carbons (Fsp3) is 0.364. The van der Waals surface area contributed by atoms with Gasteiger partial charge in [0, 0.05) is 37.6 Å². The molecule has 3 aromatic rings. The molecule has 0 bridgehead atoms. The van der Waals surface area contributed by atoms with E-state index in [0.717, 1.165) is 29.9 Å². The monoisotopic (exact) mass is 541 g/mol. The van der Waals surface area contributed by atoms with Crippen LogP contribution in [0, 0.1) is 13.8 Å². The van der Waals surface area contributed by atoms with Crippen molar-refractivity contribution >= 4 is 39.3 Å². The summed E-state index contributed by atoms with van der Waals surface area (Å²) in [5.41, 5.74) is 2.61. The Morgan fingerprint density at radius 1 is 1.11 bits per heavy atom. The van der Waals surface area contributed by atoms with Crippen molar-refractivity contribution in [2.75, 3.05) is 23.7 Å².